The molecule has 3 aliphatic heterocycles. The van der Waals surface area contributed by atoms with Gasteiger partial charge in [0.2, 0.25) is 0 Å². The summed E-state index contributed by atoms with van der Waals surface area (Å²) in [4.78, 5) is 14.3. The number of alkyl halides is 3. The van der Waals surface area contributed by atoms with Crippen molar-refractivity contribution in [3.63, 3.8) is 0 Å². The van der Waals surface area contributed by atoms with Crippen LogP contribution in [0.2, 0.25) is 5.02 Å². The number of aromatic nitrogens is 2. The minimum absolute atomic E-state index is 0.0600. The molecule has 66 heavy (non-hydrogen) atoms. The zero-order chi connectivity index (χ0) is 47.4. The second-order valence-electron chi connectivity index (χ2n) is 16.6. The molecule has 0 saturated carbocycles. The molecular formula is C47H53ClF3N7O5S3. The van der Waals surface area contributed by atoms with E-state index >= 15 is 0 Å². The summed E-state index contributed by atoms with van der Waals surface area (Å²) in [5, 5.41) is 3.72. The van der Waals surface area contributed by atoms with Gasteiger partial charge in [0.1, 0.15) is 17.0 Å². The summed E-state index contributed by atoms with van der Waals surface area (Å²) in [6, 6.07) is 26.9. The molecule has 12 nitrogen and oxygen atoms in total. The molecular weight excluding hydrogens is 931 g/mol. The molecule has 4 heterocycles. The second kappa shape index (κ2) is 20.9. The Kier molecular flexibility index (Phi) is 14.9. The largest absolute Gasteiger partial charge is 0.501 e. The lowest BCUT2D eigenvalue weighted by Crippen LogP contribution is -2.47. The van der Waals surface area contributed by atoms with Crippen LogP contribution in [0.5, 0.6) is 0 Å². The molecule has 2 N–H and O–H groups in total. The maximum atomic E-state index is 14.3. The van der Waals surface area contributed by atoms with E-state index in [4.69, 9.17) is 16.3 Å². The number of thioether (sulfide) groups is 1. The van der Waals surface area contributed by atoms with E-state index in [1.54, 1.807) is 0 Å². The standard InChI is InChI=1S/C47H53ClF3N7O5S3/c1-33(40-9-5-6-10-41(40)34-11-13-35(48)14-12-34)57-22-18-37(19-23-57)58-24-20-42-44(30-58)52-32-53-46(42)55-66(61,62)39-15-16-43(45(29-39)65(59,60)47(49,50)51)54-36(17-21-56-25-27-63-28-26-56)31-64-38-7-3-2-4-8-38/h2-16,29,32-33,36-37,54H,17-28,30-31H2,1H3,(H,52,53,55)/t33-,36-/m1/s1/i37D. The maximum absolute atomic E-state index is 14.3. The number of hydrogen-bond acceptors (Lipinski definition) is 12. The van der Waals surface area contributed by atoms with Crippen LogP contribution in [-0.2, 0) is 37.6 Å². The third-order valence-electron chi connectivity index (χ3n) is 12.5. The molecule has 0 bridgehead atoms. The summed E-state index contributed by atoms with van der Waals surface area (Å²) in [7, 11) is -10.7. The first kappa shape index (κ1) is 46.8. The van der Waals surface area contributed by atoms with Crippen LogP contribution in [-0.4, -0.2) is 117 Å². The van der Waals surface area contributed by atoms with Gasteiger partial charge in [0.15, 0.2) is 0 Å². The Balaban J connectivity index is 0.972. The Bertz CT molecular complexity index is 2730. The fraction of sp³-hybridized carbons (Fsp3) is 0.404. The predicted octanol–water partition coefficient (Wildman–Crippen LogP) is 8.77. The summed E-state index contributed by atoms with van der Waals surface area (Å²) in [5.74, 6) is 0.326. The van der Waals surface area contributed by atoms with E-state index in [1.807, 2.05) is 66.7 Å². The van der Waals surface area contributed by atoms with E-state index in [0.29, 0.717) is 106 Å². The molecule has 8 rings (SSSR count). The Hall–Kier alpha value is -4.27. The molecule has 2 saturated heterocycles. The van der Waals surface area contributed by atoms with E-state index in [-0.39, 0.29) is 24.1 Å². The second-order valence-corrected chi connectivity index (χ2v) is 21.7. The lowest BCUT2D eigenvalue weighted by atomic mass is 9.92. The molecule has 0 aliphatic carbocycles. The van der Waals surface area contributed by atoms with Crippen molar-refractivity contribution < 1.29 is 36.1 Å². The van der Waals surface area contributed by atoms with Gasteiger partial charge >= 0.3 is 5.51 Å². The van der Waals surface area contributed by atoms with Gasteiger partial charge in [-0.3, -0.25) is 19.4 Å². The van der Waals surface area contributed by atoms with Crippen LogP contribution in [0.1, 0.15) is 50.4 Å². The van der Waals surface area contributed by atoms with Crippen molar-refractivity contribution in [3.05, 3.63) is 125 Å². The van der Waals surface area contributed by atoms with Crippen molar-refractivity contribution in [2.75, 3.05) is 68.3 Å². The zero-order valence-corrected chi connectivity index (χ0v) is 39.6. The highest BCUT2D eigenvalue weighted by molar-refractivity contribution is 7.99. The van der Waals surface area contributed by atoms with Crippen molar-refractivity contribution in [1.82, 2.24) is 24.7 Å². The molecule has 2 fully saturated rings. The average Bonchev–Trinajstić information content (AvgIpc) is 3.33. The molecule has 0 radical (unpaired) electrons. The minimum atomic E-state index is -6.03. The number of sulfonamides is 1. The lowest BCUT2D eigenvalue weighted by Gasteiger charge is -2.42. The Labute approximate surface area is 395 Å². The van der Waals surface area contributed by atoms with Gasteiger partial charge < -0.3 is 10.1 Å². The zero-order valence-electron chi connectivity index (χ0n) is 37.4. The van der Waals surface area contributed by atoms with E-state index in [1.165, 1.54) is 23.7 Å². The van der Waals surface area contributed by atoms with Crippen LogP contribution < -0.4 is 10.0 Å². The molecule has 1 aromatic heterocycles. The number of halogens is 4. The van der Waals surface area contributed by atoms with Crippen molar-refractivity contribution in [2.45, 2.75) is 77.4 Å². The van der Waals surface area contributed by atoms with Crippen LogP contribution in [0.4, 0.5) is 24.7 Å². The van der Waals surface area contributed by atoms with Gasteiger partial charge in [0, 0.05) is 86.5 Å². The van der Waals surface area contributed by atoms with E-state index in [2.05, 4.69) is 53.8 Å². The number of nitrogens with one attached hydrogen (secondary N) is 2. The number of piperidine rings is 1. The predicted molar refractivity (Wildman–Crippen MR) is 253 cm³/mol. The fourth-order valence-electron chi connectivity index (χ4n) is 8.76. The van der Waals surface area contributed by atoms with Crippen LogP contribution in [0, 0.1) is 0 Å². The number of fused-ring (bicyclic) bond motifs is 1. The van der Waals surface area contributed by atoms with Gasteiger partial charge in [-0.2, -0.15) is 13.2 Å². The monoisotopic (exact) mass is 984 g/mol. The van der Waals surface area contributed by atoms with Crippen LogP contribution in [0.25, 0.3) is 11.1 Å². The lowest BCUT2D eigenvalue weighted by molar-refractivity contribution is -0.0435. The number of nitrogens with zero attached hydrogens (tertiary/aromatic N) is 5. The number of sulfone groups is 1. The topological polar surface area (TPSA) is 137 Å². The molecule has 4 aromatic carbocycles. The number of likely N-dealkylation sites (tertiary alicyclic amines) is 1. The van der Waals surface area contributed by atoms with Gasteiger partial charge in [-0.15, -0.1) is 11.8 Å². The van der Waals surface area contributed by atoms with Crippen molar-refractivity contribution in [3.8, 4) is 11.1 Å². The number of hydrogen-bond donors (Lipinski definition) is 2. The highest BCUT2D eigenvalue weighted by Gasteiger charge is 2.48. The first-order chi connectivity index (χ1) is 32.0. The Morgan fingerprint density at radius 2 is 1.62 bits per heavy atom. The summed E-state index contributed by atoms with van der Waals surface area (Å²) in [5.41, 5.74) is -1.67. The van der Waals surface area contributed by atoms with Gasteiger partial charge in [-0.05, 0) is 91.8 Å². The number of rotatable bonds is 16. The van der Waals surface area contributed by atoms with Crippen LogP contribution >= 0.6 is 23.4 Å². The number of benzene rings is 4. The normalized spacial score (nSPS) is 18.8. The van der Waals surface area contributed by atoms with Crippen molar-refractivity contribution in [2.24, 2.45) is 0 Å². The van der Waals surface area contributed by atoms with Gasteiger partial charge in [-0.25, -0.2) is 26.8 Å². The van der Waals surface area contributed by atoms with E-state index < -0.39 is 47.2 Å². The first-order valence-corrected chi connectivity index (χ1v) is 26.2. The third kappa shape index (κ3) is 11.3. The molecule has 0 amide bonds. The Morgan fingerprint density at radius 1 is 0.909 bits per heavy atom. The maximum Gasteiger partial charge on any atom is 0.501 e. The summed E-state index contributed by atoms with van der Waals surface area (Å²) < 4.78 is 115. The summed E-state index contributed by atoms with van der Waals surface area (Å²) in [6.45, 7) is 7.28. The highest BCUT2D eigenvalue weighted by Crippen LogP contribution is 2.38. The van der Waals surface area contributed by atoms with Gasteiger partial charge in [-0.1, -0.05) is 66.2 Å². The van der Waals surface area contributed by atoms with Crippen LogP contribution in [0.15, 0.2) is 118 Å². The van der Waals surface area contributed by atoms with E-state index in [0.717, 1.165) is 28.2 Å². The first-order valence-electron chi connectivity index (χ1n) is 22.4. The highest BCUT2D eigenvalue weighted by atomic mass is 35.5. The quantitative estimate of drug-likeness (QED) is 0.0915. The molecule has 19 heteroatoms. The van der Waals surface area contributed by atoms with Crippen LogP contribution in [0.3, 0.4) is 0 Å². The fourth-order valence-corrected chi connectivity index (χ4v) is 12.0. The van der Waals surface area contributed by atoms with Crippen molar-refractivity contribution in [1.29, 1.82) is 0 Å². The molecule has 0 spiro atoms. The Morgan fingerprint density at radius 3 is 2.35 bits per heavy atom. The molecule has 3 aliphatic rings. The SMILES string of the molecule is [2H]C1(N2CCc3c(ncnc3NS(=O)(=O)c3ccc(N[C@H](CCN4CCOCC4)CSc4ccccc4)c(S(=O)(=O)C(F)(F)F)c3)C2)CCN([C@H](C)c2ccccc2-c2ccc(Cl)cc2)CC1. The molecule has 352 valence electrons. The summed E-state index contributed by atoms with van der Waals surface area (Å²) in [6.07, 6.45) is 3.09. The molecule has 5 aromatic rings. The number of morpholine rings is 1. The van der Waals surface area contributed by atoms with Crippen molar-refractivity contribution >= 4 is 54.7 Å². The smallest absolute Gasteiger partial charge is 0.380 e. The molecule has 2 atom stereocenters. The average molecular weight is 986 g/mol. The minimum Gasteiger partial charge on any atom is -0.380 e. The number of anilines is 2. The molecule has 0 unspecified atom stereocenters. The van der Waals surface area contributed by atoms with E-state index in [9.17, 15) is 31.4 Å². The van der Waals surface area contributed by atoms with Gasteiger partial charge in [0.05, 0.1) is 29.5 Å². The third-order valence-corrected chi connectivity index (χ3v) is 16.8. The summed E-state index contributed by atoms with van der Waals surface area (Å²) >= 11 is 7.64. The van der Waals surface area contributed by atoms with Gasteiger partial charge in [0.25, 0.3) is 19.9 Å². The number of ether oxygens (including phenoxy) is 1.